The Morgan fingerprint density at radius 3 is 2.42 bits per heavy atom. The molecule has 1 aromatic rings. The summed E-state index contributed by atoms with van der Waals surface area (Å²) in [6.45, 7) is 4.40. The molecule has 0 saturated heterocycles. The van der Waals surface area contributed by atoms with Crippen LogP contribution in [-0.4, -0.2) is 6.04 Å². The van der Waals surface area contributed by atoms with E-state index in [-0.39, 0.29) is 6.04 Å². The van der Waals surface area contributed by atoms with Gasteiger partial charge in [-0.15, -0.1) is 0 Å². The van der Waals surface area contributed by atoms with E-state index in [2.05, 4.69) is 48.9 Å². The maximum Gasteiger partial charge on any atom is 0.107 e. The van der Waals surface area contributed by atoms with E-state index in [1.165, 1.54) is 36.1 Å². The molecule has 0 bridgehead atoms. The summed E-state index contributed by atoms with van der Waals surface area (Å²) in [5, 5.41) is 9.34. The van der Waals surface area contributed by atoms with Gasteiger partial charge in [-0.3, -0.25) is 0 Å². The van der Waals surface area contributed by atoms with E-state index in [1.807, 2.05) is 0 Å². The lowest BCUT2D eigenvalue weighted by molar-refractivity contribution is 0.270. The van der Waals surface area contributed by atoms with Crippen molar-refractivity contribution in [3.63, 3.8) is 0 Å². The van der Waals surface area contributed by atoms with Crippen molar-refractivity contribution in [2.24, 2.45) is 11.8 Å². The molecule has 0 radical (unpaired) electrons. The average Bonchev–Trinajstić information content (AvgIpc) is 2.43. The summed E-state index contributed by atoms with van der Waals surface area (Å²) in [5.41, 5.74) is 1.27. The Bertz CT molecular complexity index is 427. The zero-order chi connectivity index (χ0) is 13.7. The Labute approximate surface area is 120 Å². The Kier molecular flexibility index (Phi) is 5.30. The third-order valence-corrected chi connectivity index (χ3v) is 4.88. The molecule has 1 unspecified atom stereocenters. The molecule has 1 saturated carbocycles. The van der Waals surface area contributed by atoms with Crippen LogP contribution in [0.3, 0.4) is 0 Å². The molecule has 102 valence electrons. The predicted molar refractivity (Wildman–Crippen MR) is 80.7 cm³/mol. The van der Waals surface area contributed by atoms with Crippen molar-refractivity contribution < 1.29 is 0 Å². The van der Waals surface area contributed by atoms with Crippen LogP contribution in [0.1, 0.15) is 38.2 Å². The number of hydrogen-bond acceptors (Lipinski definition) is 3. The summed E-state index contributed by atoms with van der Waals surface area (Å²) >= 11 is 1.58. The summed E-state index contributed by atoms with van der Waals surface area (Å²) in [6, 6.07) is 10.8. The van der Waals surface area contributed by atoms with Gasteiger partial charge in [0.1, 0.15) is 6.04 Å². The predicted octanol–water partition coefficient (Wildman–Crippen LogP) is 4.31. The van der Waals surface area contributed by atoms with Gasteiger partial charge in [0.2, 0.25) is 0 Å². The quantitative estimate of drug-likeness (QED) is 0.831. The lowest BCUT2D eigenvalue weighted by atomic mass is 9.80. The summed E-state index contributed by atoms with van der Waals surface area (Å²) in [7, 11) is 0. The molecule has 0 amide bonds. The van der Waals surface area contributed by atoms with Gasteiger partial charge in [-0.2, -0.15) is 5.26 Å². The summed E-state index contributed by atoms with van der Waals surface area (Å²) in [6.07, 6.45) is 4.89. The molecule has 0 aliphatic heterocycles. The third-order valence-electron chi connectivity index (χ3n) is 4.00. The van der Waals surface area contributed by atoms with Gasteiger partial charge in [0.25, 0.3) is 0 Å². The minimum absolute atomic E-state index is 0.0289. The lowest BCUT2D eigenvalue weighted by Crippen LogP contribution is -2.33. The number of nitrogens with zero attached hydrogens (tertiary/aromatic N) is 1. The van der Waals surface area contributed by atoms with Crippen LogP contribution >= 0.6 is 11.9 Å². The number of rotatable bonds is 4. The molecular weight excluding hydrogens is 252 g/mol. The molecule has 0 spiro atoms. The largest absolute Gasteiger partial charge is 0.243 e. The standard InChI is InChI=1S/C16H22N2S/c1-12-3-7-14(8-4-12)16(11-17)18-19-15-9-5-13(2)6-10-15/h5-6,9-10,12,14,16,18H,3-4,7-8H2,1-2H3. The molecule has 19 heavy (non-hydrogen) atoms. The van der Waals surface area contributed by atoms with Gasteiger partial charge in [0.05, 0.1) is 6.07 Å². The molecule has 1 aliphatic rings. The minimum atomic E-state index is -0.0289. The number of aryl methyl sites for hydroxylation is 1. The Morgan fingerprint density at radius 1 is 1.21 bits per heavy atom. The first-order chi connectivity index (χ1) is 9.19. The van der Waals surface area contributed by atoms with Crippen molar-refractivity contribution in [2.75, 3.05) is 0 Å². The Hall–Kier alpha value is -0.980. The van der Waals surface area contributed by atoms with Crippen LogP contribution in [0.5, 0.6) is 0 Å². The molecule has 2 nitrogen and oxygen atoms in total. The molecular formula is C16H22N2S. The molecule has 0 aromatic heterocycles. The smallest absolute Gasteiger partial charge is 0.107 e. The maximum atomic E-state index is 9.34. The maximum absolute atomic E-state index is 9.34. The molecule has 2 rings (SSSR count). The van der Waals surface area contributed by atoms with E-state index >= 15 is 0 Å². The second-order valence-corrected chi connectivity index (χ2v) is 6.57. The number of nitriles is 1. The van der Waals surface area contributed by atoms with Crippen molar-refractivity contribution in [1.29, 1.82) is 5.26 Å². The van der Waals surface area contributed by atoms with Crippen LogP contribution in [-0.2, 0) is 0 Å². The highest BCUT2D eigenvalue weighted by Gasteiger charge is 2.25. The van der Waals surface area contributed by atoms with Crippen LogP contribution in [0.15, 0.2) is 29.2 Å². The SMILES string of the molecule is Cc1ccc(SNC(C#N)C2CCC(C)CC2)cc1. The average molecular weight is 274 g/mol. The zero-order valence-corrected chi connectivity index (χ0v) is 12.5. The number of hydrogen-bond donors (Lipinski definition) is 1. The highest BCUT2D eigenvalue weighted by Crippen LogP contribution is 2.31. The van der Waals surface area contributed by atoms with Gasteiger partial charge in [-0.1, -0.05) is 37.5 Å². The highest BCUT2D eigenvalue weighted by atomic mass is 32.2. The molecule has 0 heterocycles. The van der Waals surface area contributed by atoms with Gasteiger partial charge >= 0.3 is 0 Å². The van der Waals surface area contributed by atoms with Gasteiger partial charge in [0.15, 0.2) is 0 Å². The number of nitrogens with one attached hydrogen (secondary N) is 1. The van der Waals surface area contributed by atoms with Crippen LogP contribution < -0.4 is 4.72 Å². The van der Waals surface area contributed by atoms with E-state index < -0.39 is 0 Å². The van der Waals surface area contributed by atoms with Crippen molar-refractivity contribution in [1.82, 2.24) is 4.72 Å². The third kappa shape index (κ3) is 4.26. The van der Waals surface area contributed by atoms with E-state index in [4.69, 9.17) is 0 Å². The molecule has 3 heteroatoms. The first-order valence-corrected chi connectivity index (χ1v) is 7.89. The van der Waals surface area contributed by atoms with E-state index in [9.17, 15) is 5.26 Å². The summed E-state index contributed by atoms with van der Waals surface area (Å²) in [4.78, 5) is 1.18. The molecule has 1 aliphatic carbocycles. The molecule has 1 fully saturated rings. The second kappa shape index (κ2) is 6.98. The van der Waals surface area contributed by atoms with Gasteiger partial charge < -0.3 is 0 Å². The van der Waals surface area contributed by atoms with Crippen molar-refractivity contribution in [3.05, 3.63) is 29.8 Å². The topological polar surface area (TPSA) is 35.8 Å². The van der Waals surface area contributed by atoms with Crippen LogP contribution in [0.4, 0.5) is 0 Å². The molecule has 1 atom stereocenters. The van der Waals surface area contributed by atoms with E-state index in [0.29, 0.717) is 5.92 Å². The molecule has 1 aromatic carbocycles. The van der Waals surface area contributed by atoms with Gasteiger partial charge in [-0.05, 0) is 55.7 Å². The van der Waals surface area contributed by atoms with Crippen LogP contribution in [0, 0.1) is 30.1 Å². The number of benzene rings is 1. The monoisotopic (exact) mass is 274 g/mol. The fraction of sp³-hybridized carbons (Fsp3) is 0.562. The first kappa shape index (κ1) is 14.4. The fourth-order valence-electron chi connectivity index (χ4n) is 2.59. The van der Waals surface area contributed by atoms with Gasteiger partial charge in [0, 0.05) is 4.90 Å². The minimum Gasteiger partial charge on any atom is -0.243 e. The first-order valence-electron chi connectivity index (χ1n) is 7.07. The molecule has 1 N–H and O–H groups in total. The van der Waals surface area contributed by atoms with Crippen LogP contribution in [0.25, 0.3) is 0 Å². The van der Waals surface area contributed by atoms with Crippen molar-refractivity contribution in [2.45, 2.75) is 50.5 Å². The van der Waals surface area contributed by atoms with E-state index in [0.717, 1.165) is 5.92 Å². The van der Waals surface area contributed by atoms with Crippen molar-refractivity contribution in [3.8, 4) is 6.07 Å². The highest BCUT2D eigenvalue weighted by molar-refractivity contribution is 7.97. The summed E-state index contributed by atoms with van der Waals surface area (Å²) < 4.78 is 3.35. The van der Waals surface area contributed by atoms with Gasteiger partial charge in [-0.25, -0.2) is 4.72 Å². The van der Waals surface area contributed by atoms with E-state index in [1.54, 1.807) is 11.9 Å². The van der Waals surface area contributed by atoms with Crippen molar-refractivity contribution >= 4 is 11.9 Å². The zero-order valence-electron chi connectivity index (χ0n) is 11.7. The lowest BCUT2D eigenvalue weighted by Gasteiger charge is -2.29. The fourth-order valence-corrected chi connectivity index (χ4v) is 3.37. The normalized spacial score (nSPS) is 24.7. The Morgan fingerprint density at radius 2 is 1.84 bits per heavy atom. The second-order valence-electron chi connectivity index (χ2n) is 5.66. The Balaban J connectivity index is 1.86. The van der Waals surface area contributed by atoms with Crippen LogP contribution in [0.2, 0.25) is 0 Å². The summed E-state index contributed by atoms with van der Waals surface area (Å²) in [5.74, 6) is 1.35.